The molecule has 1 unspecified atom stereocenters. The topological polar surface area (TPSA) is 0 Å². The first-order valence-electron chi connectivity index (χ1n) is 3.92. The van der Waals surface area contributed by atoms with Gasteiger partial charge in [-0.1, -0.05) is 32.9 Å². The first kappa shape index (κ1) is 8.19. The minimum absolute atomic E-state index is 0.430. The third-order valence-electron chi connectivity index (χ3n) is 1.47. The van der Waals surface area contributed by atoms with Gasteiger partial charge in [-0.25, -0.2) is 0 Å². The van der Waals surface area contributed by atoms with E-state index in [1.807, 2.05) is 0 Å². The van der Waals surface area contributed by atoms with Gasteiger partial charge in [0.25, 0.3) is 0 Å². The molecule has 0 aromatic carbocycles. The summed E-state index contributed by atoms with van der Waals surface area (Å²) in [4.78, 5) is 0. The summed E-state index contributed by atoms with van der Waals surface area (Å²) < 4.78 is 0.430. The van der Waals surface area contributed by atoms with Crippen LogP contribution in [0.25, 0.3) is 0 Å². The van der Waals surface area contributed by atoms with E-state index in [1.165, 1.54) is 12.8 Å². The van der Waals surface area contributed by atoms with Gasteiger partial charge in [0.05, 0.1) is 0 Å². The van der Waals surface area contributed by atoms with Crippen LogP contribution in [-0.4, -0.2) is 10.00 Å². The molecule has 0 N–H and O–H groups in total. The van der Waals surface area contributed by atoms with E-state index in [2.05, 4.69) is 44.7 Å². The number of hydrogen-bond acceptors (Lipinski definition) is 1. The Morgan fingerprint density at radius 3 is 2.50 bits per heavy atom. The van der Waals surface area contributed by atoms with Gasteiger partial charge >= 0.3 is 0 Å². The van der Waals surface area contributed by atoms with Gasteiger partial charge in [0, 0.05) is 10.00 Å². The van der Waals surface area contributed by atoms with Crippen LogP contribution in [0.4, 0.5) is 0 Å². The molecule has 0 aliphatic heterocycles. The van der Waals surface area contributed by atoms with Crippen LogP contribution < -0.4 is 0 Å². The van der Waals surface area contributed by atoms with E-state index in [4.69, 9.17) is 0 Å². The summed E-state index contributed by atoms with van der Waals surface area (Å²) >= 11 is 2.08. The minimum Gasteiger partial charge on any atom is -0.148 e. The maximum atomic E-state index is 2.34. The fourth-order valence-corrected chi connectivity index (χ4v) is 2.51. The molecule has 0 fully saturated rings. The van der Waals surface area contributed by atoms with Gasteiger partial charge in [-0.05, 0) is 12.8 Å². The van der Waals surface area contributed by atoms with Crippen molar-refractivity contribution < 1.29 is 0 Å². The SMILES string of the molecule is CC(C)(C)SC1C=CCC1. The summed E-state index contributed by atoms with van der Waals surface area (Å²) in [5.41, 5.74) is 0. The Morgan fingerprint density at radius 1 is 1.40 bits per heavy atom. The predicted octanol–water partition coefficient (Wildman–Crippen LogP) is 3.24. The molecule has 0 aromatic rings. The average Bonchev–Trinajstić information content (AvgIpc) is 2.12. The van der Waals surface area contributed by atoms with E-state index in [0.29, 0.717) is 4.75 Å². The smallest absolute Gasteiger partial charge is 0.0235 e. The number of thioether (sulfide) groups is 1. The van der Waals surface area contributed by atoms with Gasteiger partial charge in [0.2, 0.25) is 0 Å². The second kappa shape index (κ2) is 3.00. The summed E-state index contributed by atoms with van der Waals surface area (Å²) in [5, 5.41) is 0.792. The lowest BCUT2D eigenvalue weighted by Crippen LogP contribution is -2.12. The van der Waals surface area contributed by atoms with Crippen LogP contribution in [0.5, 0.6) is 0 Å². The van der Waals surface area contributed by atoms with Crippen molar-refractivity contribution >= 4 is 11.8 Å². The van der Waals surface area contributed by atoms with E-state index in [0.717, 1.165) is 5.25 Å². The molecule has 1 aliphatic rings. The van der Waals surface area contributed by atoms with E-state index >= 15 is 0 Å². The van der Waals surface area contributed by atoms with E-state index < -0.39 is 0 Å². The van der Waals surface area contributed by atoms with Gasteiger partial charge in [0.1, 0.15) is 0 Å². The van der Waals surface area contributed by atoms with Crippen molar-refractivity contribution in [2.24, 2.45) is 0 Å². The highest BCUT2D eigenvalue weighted by molar-refractivity contribution is 8.01. The predicted molar refractivity (Wildman–Crippen MR) is 49.5 cm³/mol. The lowest BCUT2D eigenvalue weighted by Gasteiger charge is -2.21. The molecule has 1 rings (SSSR count). The Balaban J connectivity index is 2.31. The third-order valence-corrected chi connectivity index (χ3v) is 2.88. The standard InChI is InChI=1S/C9H16S/c1-9(2,3)10-8-6-4-5-7-8/h4,6,8H,5,7H2,1-3H3. The normalized spacial score (nSPS) is 25.7. The van der Waals surface area contributed by atoms with Crippen molar-refractivity contribution in [2.75, 3.05) is 0 Å². The van der Waals surface area contributed by atoms with Crippen molar-refractivity contribution in [1.82, 2.24) is 0 Å². The Hall–Kier alpha value is 0.0900. The zero-order chi connectivity index (χ0) is 7.61. The summed E-state index contributed by atoms with van der Waals surface area (Å²) in [6, 6.07) is 0. The second-order valence-electron chi connectivity index (χ2n) is 3.77. The van der Waals surface area contributed by atoms with Crippen molar-refractivity contribution in [1.29, 1.82) is 0 Å². The molecular weight excluding hydrogens is 140 g/mol. The fraction of sp³-hybridized carbons (Fsp3) is 0.778. The molecule has 1 aliphatic carbocycles. The fourth-order valence-electron chi connectivity index (χ4n) is 1.16. The highest BCUT2D eigenvalue weighted by Gasteiger charge is 2.18. The van der Waals surface area contributed by atoms with Crippen molar-refractivity contribution in [3.8, 4) is 0 Å². The molecule has 0 heterocycles. The van der Waals surface area contributed by atoms with Gasteiger partial charge < -0.3 is 0 Å². The van der Waals surface area contributed by atoms with Crippen molar-refractivity contribution in [3.63, 3.8) is 0 Å². The Bertz CT molecular complexity index is 130. The van der Waals surface area contributed by atoms with Crippen molar-refractivity contribution in [2.45, 2.75) is 43.6 Å². The van der Waals surface area contributed by atoms with Crippen LogP contribution in [0.2, 0.25) is 0 Å². The van der Waals surface area contributed by atoms with Crippen LogP contribution in [0.15, 0.2) is 12.2 Å². The Morgan fingerprint density at radius 2 is 2.10 bits per heavy atom. The minimum atomic E-state index is 0.430. The van der Waals surface area contributed by atoms with Crippen LogP contribution >= 0.6 is 11.8 Å². The molecule has 0 spiro atoms. The molecule has 0 aromatic heterocycles. The molecule has 1 atom stereocenters. The third kappa shape index (κ3) is 2.78. The molecule has 0 saturated carbocycles. The van der Waals surface area contributed by atoms with Crippen LogP contribution in [-0.2, 0) is 0 Å². The first-order chi connectivity index (χ1) is 4.58. The van der Waals surface area contributed by atoms with Crippen LogP contribution in [0.1, 0.15) is 33.6 Å². The van der Waals surface area contributed by atoms with E-state index in [1.54, 1.807) is 0 Å². The summed E-state index contributed by atoms with van der Waals surface area (Å²) in [6.07, 6.45) is 7.27. The quantitative estimate of drug-likeness (QED) is 0.525. The molecule has 0 amide bonds. The van der Waals surface area contributed by atoms with E-state index in [-0.39, 0.29) is 0 Å². The maximum absolute atomic E-state index is 2.34. The zero-order valence-electron chi connectivity index (χ0n) is 7.05. The number of hydrogen-bond donors (Lipinski definition) is 0. The molecule has 0 nitrogen and oxygen atoms in total. The molecule has 0 radical (unpaired) electrons. The molecule has 58 valence electrons. The van der Waals surface area contributed by atoms with Gasteiger partial charge in [0.15, 0.2) is 0 Å². The highest BCUT2D eigenvalue weighted by Crippen LogP contribution is 2.33. The highest BCUT2D eigenvalue weighted by atomic mass is 32.2. The molecular formula is C9H16S. The van der Waals surface area contributed by atoms with Gasteiger partial charge in [-0.2, -0.15) is 0 Å². The first-order valence-corrected chi connectivity index (χ1v) is 4.80. The van der Waals surface area contributed by atoms with Crippen LogP contribution in [0.3, 0.4) is 0 Å². The summed E-state index contributed by atoms with van der Waals surface area (Å²) in [5.74, 6) is 0. The number of allylic oxidation sites excluding steroid dienone is 1. The lowest BCUT2D eigenvalue weighted by atomic mass is 10.3. The monoisotopic (exact) mass is 156 g/mol. The molecule has 10 heavy (non-hydrogen) atoms. The van der Waals surface area contributed by atoms with Gasteiger partial charge in [-0.15, -0.1) is 11.8 Å². The average molecular weight is 156 g/mol. The van der Waals surface area contributed by atoms with E-state index in [9.17, 15) is 0 Å². The largest absolute Gasteiger partial charge is 0.148 e. The lowest BCUT2D eigenvalue weighted by molar-refractivity contribution is 0.791. The summed E-state index contributed by atoms with van der Waals surface area (Å²) in [6.45, 7) is 6.84. The Labute approximate surface area is 68.1 Å². The molecule has 1 heteroatoms. The van der Waals surface area contributed by atoms with Crippen molar-refractivity contribution in [3.05, 3.63) is 12.2 Å². The maximum Gasteiger partial charge on any atom is 0.0235 e. The molecule has 0 saturated heterocycles. The summed E-state index contributed by atoms with van der Waals surface area (Å²) in [7, 11) is 0. The Kier molecular flexibility index (Phi) is 2.45. The second-order valence-corrected chi connectivity index (χ2v) is 5.84. The van der Waals surface area contributed by atoms with Gasteiger partial charge in [-0.3, -0.25) is 0 Å². The van der Waals surface area contributed by atoms with Crippen LogP contribution in [0, 0.1) is 0 Å². The molecule has 0 bridgehead atoms. The number of rotatable bonds is 1. The zero-order valence-corrected chi connectivity index (χ0v) is 7.87.